The minimum absolute atomic E-state index is 0.0270. The summed E-state index contributed by atoms with van der Waals surface area (Å²) in [7, 11) is 0. The molecule has 0 radical (unpaired) electrons. The summed E-state index contributed by atoms with van der Waals surface area (Å²) in [5, 5.41) is 79.4. The van der Waals surface area contributed by atoms with Gasteiger partial charge in [-0.2, -0.15) is 38.5 Å². The van der Waals surface area contributed by atoms with Crippen molar-refractivity contribution in [2.45, 2.75) is 185 Å². The first kappa shape index (κ1) is 117. The quantitative estimate of drug-likeness (QED) is 0.0389. The summed E-state index contributed by atoms with van der Waals surface area (Å²) >= 11 is 2.92. The second kappa shape index (κ2) is 55.4. The first-order valence-electron chi connectivity index (χ1n) is 48.8. The van der Waals surface area contributed by atoms with Crippen molar-refractivity contribution in [2.75, 3.05) is 128 Å². The molecule has 0 saturated carbocycles. The van der Waals surface area contributed by atoms with Crippen LogP contribution in [-0.2, 0) is 125 Å². The van der Waals surface area contributed by atoms with Crippen molar-refractivity contribution in [3.63, 3.8) is 0 Å². The number of fused-ring (bicyclic) bond motifs is 3. The molecular weight excluding hydrogens is 2010 g/mol. The zero-order chi connectivity index (χ0) is 109. The number of primary amides is 2. The number of carbonyl (C=O) groups excluding carboxylic acids is 18. The number of nitrogens with zero attached hydrogens (tertiary/aromatic N) is 9. The first-order valence-corrected chi connectivity index (χ1v) is 52.3. The van der Waals surface area contributed by atoms with Crippen LogP contribution in [0.4, 0.5) is 17.8 Å². The maximum absolute atomic E-state index is 15.4. The van der Waals surface area contributed by atoms with Crippen molar-refractivity contribution in [3.05, 3.63) is 114 Å². The highest BCUT2D eigenvalue weighted by atomic mass is 32.2. The summed E-state index contributed by atoms with van der Waals surface area (Å²) in [5.41, 5.74) is 11.3. The van der Waals surface area contributed by atoms with Gasteiger partial charge in [0.2, 0.25) is 112 Å². The molecule has 0 spiro atoms. The number of carboxylic acids is 4. The van der Waals surface area contributed by atoms with Crippen molar-refractivity contribution < 1.29 is 131 Å². The fourth-order valence-electron chi connectivity index (χ4n) is 17.1. The number of rotatable bonds is 19. The molecule has 14 atom stereocenters. The molecule has 5 aromatic rings. The number of hydrogen-bond acceptors (Lipinski definition) is 32. The maximum atomic E-state index is 15.4. The Labute approximate surface area is 875 Å². The molecule has 14 rings (SSSR count). The van der Waals surface area contributed by atoms with Gasteiger partial charge in [0.1, 0.15) is 60.1 Å². The molecule has 0 aliphatic carbocycles. The third kappa shape index (κ3) is 35.4. The van der Waals surface area contributed by atoms with E-state index in [-0.39, 0.29) is 149 Å². The van der Waals surface area contributed by atoms with Gasteiger partial charge in [0.05, 0.1) is 54.5 Å². The highest BCUT2D eigenvalue weighted by Crippen LogP contribution is 2.30. The summed E-state index contributed by atoms with van der Waals surface area (Å²) in [6.07, 6.45) is -9.35. The minimum atomic E-state index is -2.26. The van der Waals surface area contributed by atoms with Gasteiger partial charge >= 0.3 is 23.9 Å². The van der Waals surface area contributed by atoms with Crippen LogP contribution in [-0.4, -0.2) is 365 Å². The second-order valence-corrected chi connectivity index (χ2v) is 41.4. The van der Waals surface area contributed by atoms with Gasteiger partial charge in [0.15, 0.2) is 11.6 Å². The number of anilines is 3. The van der Waals surface area contributed by atoms with E-state index in [2.05, 4.69) is 58.5 Å². The molecule has 3 saturated heterocycles. The molecule has 810 valence electrons. The number of Topliss-reactive ketones (excluding diaryl/α,β-unsaturated/α-hetero) is 2. The molecule has 16 amide bonds. The lowest BCUT2D eigenvalue weighted by molar-refractivity contribution is -0.142. The Bertz CT molecular complexity index is 5800. The molecule has 1 aromatic heterocycles. The molecule has 3 fully saturated rings. The van der Waals surface area contributed by atoms with Gasteiger partial charge in [-0.05, 0) is 78.1 Å². The molecule has 0 unspecified atom stereocenters. The number of aromatic nitrogens is 3. The number of hydrogen-bond donors (Lipinski definition) is 18. The van der Waals surface area contributed by atoms with E-state index < -0.39 is 290 Å². The van der Waals surface area contributed by atoms with Gasteiger partial charge in [-0.25, -0.2) is 0 Å². The van der Waals surface area contributed by atoms with Crippen LogP contribution in [0.15, 0.2) is 97.1 Å². The van der Waals surface area contributed by atoms with Crippen LogP contribution in [0.25, 0.3) is 10.8 Å². The van der Waals surface area contributed by atoms with Crippen molar-refractivity contribution >= 4 is 194 Å². The molecule has 9 aliphatic heterocycles. The SMILES string of the molecule is C[C@H]1CSCC(=O)N2CCN(CC2)c2nc3nc(n2)N2CCN(CC2)C(=O)CSC[C@H](NC(=O)[C@@H](C)NC(=O)[C@H](Cc2cccc4ccccc24)CC(=O)[C@H](CCC(=O)O)NC(=O)[C@H](CC(N)=O)NC(=O)[C@@H](C)NC1=O)C(=O)N[C@@H](CCC(=O)O)C(=O)N[C@@H](CC(=O)O)C(=O)N[C@@H](Cc1ccccc1)C(=O)N[C@@H](Cc1ccc(O)cc1)C(=O)N[C@@H](CC(=O)O)C(=O)N[C@@H](C(C)(C)C)C(=O)C[C@H](C(N)=O)CSCC(=O)N1CCN3CC1. The van der Waals surface area contributed by atoms with Crippen LogP contribution in [0.2, 0.25) is 0 Å². The Hall–Kier alpha value is -14.9. The van der Waals surface area contributed by atoms with Crippen LogP contribution >= 0.6 is 35.3 Å². The van der Waals surface area contributed by atoms with Gasteiger partial charge in [-0.1, -0.05) is 113 Å². The number of aromatic hydroxyl groups is 1. The van der Waals surface area contributed by atoms with Gasteiger partial charge in [0.25, 0.3) is 0 Å². The Kier molecular flexibility index (Phi) is 43.2. The number of benzene rings is 4. The summed E-state index contributed by atoms with van der Waals surface area (Å²) in [6.45, 7) is 10.2. The lowest BCUT2D eigenvalue weighted by Crippen LogP contribution is -2.61. The molecule has 52 heteroatoms. The van der Waals surface area contributed by atoms with Crippen LogP contribution < -0.4 is 84.7 Å². The zero-order valence-electron chi connectivity index (χ0n) is 83.7. The fourth-order valence-corrected chi connectivity index (χ4v) is 20.1. The number of aliphatic carboxylic acids is 4. The largest absolute Gasteiger partial charge is 0.508 e. The Morgan fingerprint density at radius 1 is 0.373 bits per heavy atom. The monoisotopic (exact) mass is 2140 g/mol. The predicted octanol–water partition coefficient (Wildman–Crippen LogP) is -3.12. The van der Waals surface area contributed by atoms with Crippen LogP contribution in [0.1, 0.15) is 116 Å². The van der Waals surface area contributed by atoms with E-state index in [0.717, 1.165) is 35.3 Å². The highest BCUT2D eigenvalue weighted by Gasteiger charge is 2.43. The smallest absolute Gasteiger partial charge is 0.305 e. The van der Waals surface area contributed by atoms with Gasteiger partial charge in [-0.15, -0.1) is 11.8 Å². The van der Waals surface area contributed by atoms with Gasteiger partial charge < -0.3 is 125 Å². The Morgan fingerprint density at radius 3 is 1.25 bits per heavy atom. The van der Waals surface area contributed by atoms with Crippen LogP contribution in [0.3, 0.4) is 0 Å². The number of phenols is 1. The summed E-state index contributed by atoms with van der Waals surface area (Å²) in [5.74, 6) is -29.2. The van der Waals surface area contributed by atoms with E-state index in [1.807, 2.05) is 14.7 Å². The topological polar surface area (TPSA) is 719 Å². The molecule has 10 bridgehead atoms. The summed E-state index contributed by atoms with van der Waals surface area (Å²) < 4.78 is 0. The van der Waals surface area contributed by atoms with E-state index in [1.54, 1.807) is 98.2 Å². The predicted molar refractivity (Wildman–Crippen MR) is 546 cm³/mol. The highest BCUT2D eigenvalue weighted by molar-refractivity contribution is 8.00. The van der Waals surface area contributed by atoms with Crippen LogP contribution in [0, 0.1) is 23.2 Å². The lowest BCUT2D eigenvalue weighted by Gasteiger charge is -2.38. The number of nitrogens with two attached hydrogens (primary N) is 2. The third-order valence-corrected chi connectivity index (χ3v) is 29.0. The molecular formula is C98H128N22O27S3. The second-order valence-electron chi connectivity index (χ2n) is 38.3. The standard InChI is InChI=1S/C98H128N22O27S3/c1-53-47-148-50-75(125)115-27-33-118(34-28-115)95-112-96-114-97(113-95)120-37-31-117(32-38-120)77(127)52-150-49-71(110-86(139)55(3)102-87(140)60(41-59-17-12-16-58-15-10-11-18-63(58)59)42-72(122)64(23-25-78(128)129)103-91(144)68(44-74(99)124)105-85(138)54(2)101-84(53)137)94(147)104-65(24-26-79(130)131)88(141)108-69(45-80(132)133)92(145)107-66(39-56-13-8-7-9-14-56)89(142)106-67(40-57-19-21-62(121)22-20-57)90(143)109-70(46-81(134)135)93(146)111-82(98(4,5)6)73(123)43-61(83(100)136)48-149-51-76(126)116-29-35-119(96)36-30-116/h7-22,53-55,60-61,64-71,82,121H,23-52H2,1-6H3,(H2,99,124)(H2,100,136)(H,101,137)(H,102,140)(H,103,144)(H,104,147)(H,105,138)(H,106,142)(H,107,145)(H,108,141)(H,109,143)(H,110,139)(H,111,146)(H,128,129)(H,130,131)(H,132,133)(H,134,135)/t53-,54+,55+,60+,61-,64-,65-,66-,67-,68-,69-,70-,71-,82+/m0/s1. The number of carbonyl (C=O) groups is 22. The number of carboxylic acid groups (broad SMARTS) is 4. The van der Waals surface area contributed by atoms with Crippen molar-refractivity contribution in [3.8, 4) is 5.75 Å². The molecule has 10 heterocycles. The Balaban J connectivity index is 1.03. The molecule has 9 aliphatic rings. The van der Waals surface area contributed by atoms with Crippen LogP contribution in [0.5, 0.6) is 5.75 Å². The van der Waals surface area contributed by atoms with E-state index in [1.165, 1.54) is 55.1 Å². The van der Waals surface area contributed by atoms with Crippen molar-refractivity contribution in [1.29, 1.82) is 0 Å². The van der Waals surface area contributed by atoms with Crippen molar-refractivity contribution in [2.24, 2.45) is 34.6 Å². The van der Waals surface area contributed by atoms with E-state index in [9.17, 15) is 97.5 Å². The molecule has 49 nitrogen and oxygen atoms in total. The summed E-state index contributed by atoms with van der Waals surface area (Å²) in [6, 6.07) is 4.34. The normalized spacial score (nSPS) is 24.7. The maximum Gasteiger partial charge on any atom is 0.305 e. The number of nitrogens with one attached hydrogen (secondary N) is 11. The first-order chi connectivity index (χ1) is 71.1. The molecule has 4 aromatic carbocycles. The third-order valence-electron chi connectivity index (χ3n) is 25.7. The van der Waals surface area contributed by atoms with Gasteiger partial charge in [-0.3, -0.25) is 105 Å². The molecule has 20 N–H and O–H groups in total. The fraction of sp³-hybridized carbons (Fsp3) is 0.520. The van der Waals surface area contributed by atoms with E-state index in [4.69, 9.17) is 26.4 Å². The number of ketones is 2. The average Bonchev–Trinajstić information content (AvgIpc) is 0.792. The summed E-state index contributed by atoms with van der Waals surface area (Å²) in [4.78, 5) is 337. The van der Waals surface area contributed by atoms with Gasteiger partial charge in [0, 0.05) is 146 Å². The number of piperazine rings is 3. The van der Waals surface area contributed by atoms with E-state index >= 15 is 33.6 Å². The van der Waals surface area contributed by atoms with E-state index in [0.29, 0.717) is 21.9 Å². The number of amides is 16. The minimum Gasteiger partial charge on any atom is -0.508 e. The number of phenolic OH excluding ortho intramolecular Hbond substituents is 1. The lowest BCUT2D eigenvalue weighted by atomic mass is 9.81. The zero-order valence-corrected chi connectivity index (χ0v) is 86.1. The molecule has 150 heavy (non-hydrogen) atoms. The Morgan fingerprint density at radius 2 is 0.767 bits per heavy atom. The average molecular weight is 2140 g/mol. The number of thioether (sulfide) groups is 3. The van der Waals surface area contributed by atoms with Crippen molar-refractivity contribution in [1.82, 2.24) is 88.1 Å².